The van der Waals surface area contributed by atoms with Crippen LogP contribution < -0.4 is 10.6 Å². The lowest BCUT2D eigenvalue weighted by Gasteiger charge is -2.40. The van der Waals surface area contributed by atoms with E-state index in [2.05, 4.69) is 59.9 Å². The normalized spacial score (nSPS) is 19.1. The fourth-order valence-electron chi connectivity index (χ4n) is 3.22. The van der Waals surface area contributed by atoms with Crippen molar-refractivity contribution < 1.29 is 0 Å². The molecule has 112 valence electrons. The molecule has 0 aromatic heterocycles. The van der Waals surface area contributed by atoms with E-state index in [0.717, 1.165) is 10.9 Å². The first kappa shape index (κ1) is 15.8. The Bertz CT molecular complexity index is 446. The van der Waals surface area contributed by atoms with Gasteiger partial charge in [-0.15, -0.1) is 0 Å². The van der Waals surface area contributed by atoms with Crippen LogP contribution in [-0.4, -0.2) is 19.6 Å². The number of benzene rings is 1. The second-order valence-electron chi connectivity index (χ2n) is 6.82. The number of hydrogen-bond donors (Lipinski definition) is 1. The largest absolute Gasteiger partial charge is 0.371 e. The monoisotopic (exact) mass is 338 g/mol. The molecule has 0 radical (unpaired) electrons. The highest BCUT2D eigenvalue weighted by molar-refractivity contribution is 9.10. The molecule has 1 aliphatic carbocycles. The van der Waals surface area contributed by atoms with Crippen LogP contribution in [0.25, 0.3) is 0 Å². The molecule has 20 heavy (non-hydrogen) atoms. The molecular weight excluding hydrogens is 312 g/mol. The van der Waals surface area contributed by atoms with Gasteiger partial charge in [0.1, 0.15) is 0 Å². The van der Waals surface area contributed by atoms with Gasteiger partial charge in [0.2, 0.25) is 0 Å². The van der Waals surface area contributed by atoms with E-state index in [0.29, 0.717) is 18.0 Å². The molecule has 1 fully saturated rings. The number of hydrogen-bond acceptors (Lipinski definition) is 2. The van der Waals surface area contributed by atoms with Crippen molar-refractivity contribution in [1.29, 1.82) is 0 Å². The van der Waals surface area contributed by atoms with Crippen LogP contribution >= 0.6 is 15.9 Å². The molecule has 0 saturated heterocycles. The molecule has 0 unspecified atom stereocenters. The quantitative estimate of drug-likeness (QED) is 0.883. The summed E-state index contributed by atoms with van der Waals surface area (Å²) in [5.74, 6) is 0. The van der Waals surface area contributed by atoms with E-state index in [4.69, 9.17) is 5.73 Å². The first-order chi connectivity index (χ1) is 9.43. The summed E-state index contributed by atoms with van der Waals surface area (Å²) in [6.45, 7) is 5.49. The number of rotatable bonds is 4. The third kappa shape index (κ3) is 3.76. The molecule has 0 aliphatic heterocycles. The van der Waals surface area contributed by atoms with Gasteiger partial charge in [0, 0.05) is 23.2 Å². The average molecular weight is 339 g/mol. The Morgan fingerprint density at radius 2 is 1.95 bits per heavy atom. The molecule has 1 aromatic carbocycles. The van der Waals surface area contributed by atoms with Gasteiger partial charge in [-0.25, -0.2) is 0 Å². The second-order valence-corrected chi connectivity index (χ2v) is 7.73. The fourth-order valence-corrected chi connectivity index (χ4v) is 3.63. The van der Waals surface area contributed by atoms with E-state index in [1.807, 2.05) is 0 Å². The molecular formula is C17H27BrN2. The highest BCUT2D eigenvalue weighted by Crippen LogP contribution is 2.38. The van der Waals surface area contributed by atoms with Gasteiger partial charge in [-0.1, -0.05) is 29.8 Å². The standard InChI is InChI=1S/C17H27BrN2/c1-17(2)9-6-15(7-10-17)20(3)16-5-4-14(18)12-13(16)8-11-19/h4-5,12,15H,6-11,19H2,1-3H3. The van der Waals surface area contributed by atoms with Crippen LogP contribution in [0.1, 0.15) is 45.1 Å². The van der Waals surface area contributed by atoms with Gasteiger partial charge in [-0.05, 0) is 67.8 Å². The Morgan fingerprint density at radius 3 is 2.55 bits per heavy atom. The maximum absolute atomic E-state index is 5.76. The van der Waals surface area contributed by atoms with Crippen LogP contribution in [0.5, 0.6) is 0 Å². The lowest BCUT2D eigenvalue weighted by molar-refractivity contribution is 0.222. The van der Waals surface area contributed by atoms with Crippen molar-refractivity contribution in [3.05, 3.63) is 28.2 Å². The van der Waals surface area contributed by atoms with Gasteiger partial charge in [0.15, 0.2) is 0 Å². The average Bonchev–Trinajstić information content (AvgIpc) is 2.38. The van der Waals surface area contributed by atoms with Crippen LogP contribution in [0.4, 0.5) is 5.69 Å². The fraction of sp³-hybridized carbons (Fsp3) is 0.647. The molecule has 1 saturated carbocycles. The number of anilines is 1. The zero-order valence-corrected chi connectivity index (χ0v) is 14.5. The predicted molar refractivity (Wildman–Crippen MR) is 91.3 cm³/mol. The summed E-state index contributed by atoms with van der Waals surface area (Å²) in [5.41, 5.74) is 8.99. The zero-order chi connectivity index (χ0) is 14.8. The minimum Gasteiger partial charge on any atom is -0.371 e. The Labute approximate surface area is 131 Å². The molecule has 0 bridgehead atoms. The van der Waals surface area contributed by atoms with Crippen LogP contribution in [0.3, 0.4) is 0 Å². The Balaban J connectivity index is 2.14. The third-order valence-electron chi connectivity index (χ3n) is 4.69. The van der Waals surface area contributed by atoms with E-state index in [9.17, 15) is 0 Å². The second kappa shape index (κ2) is 6.48. The molecule has 0 atom stereocenters. The van der Waals surface area contributed by atoms with Gasteiger partial charge in [0.05, 0.1) is 0 Å². The minimum absolute atomic E-state index is 0.525. The first-order valence-electron chi connectivity index (χ1n) is 7.64. The van der Waals surface area contributed by atoms with E-state index in [-0.39, 0.29) is 0 Å². The van der Waals surface area contributed by atoms with E-state index in [1.165, 1.54) is 36.9 Å². The van der Waals surface area contributed by atoms with Crippen LogP contribution in [0.15, 0.2) is 22.7 Å². The van der Waals surface area contributed by atoms with Crippen molar-refractivity contribution >= 4 is 21.6 Å². The Morgan fingerprint density at radius 1 is 1.30 bits per heavy atom. The van der Waals surface area contributed by atoms with Crippen molar-refractivity contribution in [2.24, 2.45) is 11.1 Å². The van der Waals surface area contributed by atoms with Crippen molar-refractivity contribution in [3.8, 4) is 0 Å². The van der Waals surface area contributed by atoms with Gasteiger partial charge in [0.25, 0.3) is 0 Å². The molecule has 2 nitrogen and oxygen atoms in total. The highest BCUT2D eigenvalue weighted by Gasteiger charge is 2.29. The molecule has 2 N–H and O–H groups in total. The van der Waals surface area contributed by atoms with Gasteiger partial charge >= 0.3 is 0 Å². The Kier molecular flexibility index (Phi) is 5.14. The van der Waals surface area contributed by atoms with Crippen molar-refractivity contribution in [2.75, 3.05) is 18.5 Å². The third-order valence-corrected chi connectivity index (χ3v) is 5.18. The molecule has 1 aliphatic rings. The van der Waals surface area contributed by atoms with Crippen LogP contribution in [-0.2, 0) is 6.42 Å². The van der Waals surface area contributed by atoms with E-state index < -0.39 is 0 Å². The SMILES string of the molecule is CN(c1ccc(Br)cc1CCN)C1CCC(C)(C)CC1. The highest BCUT2D eigenvalue weighted by atomic mass is 79.9. The van der Waals surface area contributed by atoms with Gasteiger partial charge < -0.3 is 10.6 Å². The number of nitrogens with zero attached hydrogens (tertiary/aromatic N) is 1. The van der Waals surface area contributed by atoms with Crippen molar-refractivity contribution in [1.82, 2.24) is 0 Å². The minimum atomic E-state index is 0.525. The smallest absolute Gasteiger partial charge is 0.0399 e. The summed E-state index contributed by atoms with van der Waals surface area (Å²) >= 11 is 3.57. The van der Waals surface area contributed by atoms with Gasteiger partial charge in [-0.2, -0.15) is 0 Å². The first-order valence-corrected chi connectivity index (χ1v) is 8.43. The van der Waals surface area contributed by atoms with Crippen LogP contribution in [0.2, 0.25) is 0 Å². The van der Waals surface area contributed by atoms with Crippen molar-refractivity contribution in [2.45, 2.75) is 52.0 Å². The number of nitrogens with two attached hydrogens (primary N) is 1. The zero-order valence-electron chi connectivity index (χ0n) is 13.0. The molecule has 0 amide bonds. The van der Waals surface area contributed by atoms with Crippen LogP contribution in [0, 0.1) is 5.41 Å². The maximum Gasteiger partial charge on any atom is 0.0399 e. The van der Waals surface area contributed by atoms with E-state index >= 15 is 0 Å². The van der Waals surface area contributed by atoms with E-state index in [1.54, 1.807) is 0 Å². The Hall–Kier alpha value is -0.540. The summed E-state index contributed by atoms with van der Waals surface area (Å²) < 4.78 is 1.14. The summed E-state index contributed by atoms with van der Waals surface area (Å²) in [5, 5.41) is 0. The molecule has 0 heterocycles. The lowest BCUT2D eigenvalue weighted by atomic mass is 9.75. The lowest BCUT2D eigenvalue weighted by Crippen LogP contribution is -2.37. The summed E-state index contributed by atoms with van der Waals surface area (Å²) in [6, 6.07) is 7.25. The summed E-state index contributed by atoms with van der Waals surface area (Å²) in [4.78, 5) is 2.48. The predicted octanol–water partition coefficient (Wildman–Crippen LogP) is 4.36. The summed E-state index contributed by atoms with van der Waals surface area (Å²) in [7, 11) is 2.24. The topological polar surface area (TPSA) is 29.3 Å². The molecule has 1 aromatic rings. The van der Waals surface area contributed by atoms with Crippen molar-refractivity contribution in [3.63, 3.8) is 0 Å². The van der Waals surface area contributed by atoms with Gasteiger partial charge in [-0.3, -0.25) is 0 Å². The number of halogens is 1. The molecule has 0 spiro atoms. The molecule has 3 heteroatoms. The summed E-state index contributed by atoms with van der Waals surface area (Å²) in [6.07, 6.45) is 6.18. The molecule has 2 rings (SSSR count). The maximum atomic E-state index is 5.76.